The molecule has 2 atom stereocenters. The Bertz CT molecular complexity index is 1290. The van der Waals surface area contributed by atoms with Crippen LogP contribution in [0, 0.1) is 18.8 Å². The van der Waals surface area contributed by atoms with Gasteiger partial charge >= 0.3 is 17.9 Å². The highest BCUT2D eigenvalue weighted by molar-refractivity contribution is 6.28. The quantitative estimate of drug-likeness (QED) is 0.350. The molecule has 0 spiro atoms. The lowest BCUT2D eigenvalue weighted by molar-refractivity contribution is -0.204. The first-order chi connectivity index (χ1) is 17.1. The van der Waals surface area contributed by atoms with Crippen molar-refractivity contribution in [2.75, 3.05) is 6.54 Å². The molecule has 11 heteroatoms. The largest absolute Gasteiger partial charge is 0.481 e. The van der Waals surface area contributed by atoms with Gasteiger partial charge in [0.15, 0.2) is 6.23 Å². The maximum absolute atomic E-state index is 11.4. The van der Waals surface area contributed by atoms with Crippen molar-refractivity contribution in [3.8, 4) is 22.8 Å². The number of carbonyl (C=O) groups excluding carboxylic acids is 1. The van der Waals surface area contributed by atoms with Crippen LogP contribution < -0.4 is 0 Å². The standard InChI is InChI=1S/C25H26N4O7/c1-13(2)8-15-4-5-16(9-14(15)3)21-27-20(28-36-21)17-6-7-18(26-10-17)11-29-12-19(23(30)31)22(29)35-25(34)24(32)33/h4-7,9-10,13,19,22H,8,11-12H2,1-3H3,(H,30,31)(H,32,33). The Hall–Kier alpha value is -4.12. The van der Waals surface area contributed by atoms with Crippen LogP contribution >= 0.6 is 0 Å². The fraction of sp³-hybridized carbons (Fsp3) is 0.360. The van der Waals surface area contributed by atoms with E-state index in [1.54, 1.807) is 18.3 Å². The molecule has 2 aromatic heterocycles. The topological polar surface area (TPSA) is 156 Å². The van der Waals surface area contributed by atoms with Gasteiger partial charge in [0.2, 0.25) is 5.82 Å². The van der Waals surface area contributed by atoms with Gasteiger partial charge in [0.25, 0.3) is 5.89 Å². The molecular formula is C25H26N4O7. The van der Waals surface area contributed by atoms with E-state index >= 15 is 0 Å². The molecule has 1 aliphatic rings. The molecule has 3 aromatic rings. The third-order valence-corrected chi connectivity index (χ3v) is 5.95. The predicted molar refractivity (Wildman–Crippen MR) is 125 cm³/mol. The number of carboxylic acids is 2. The number of carboxylic acid groups (broad SMARTS) is 2. The number of benzene rings is 1. The molecule has 0 aliphatic carbocycles. The maximum atomic E-state index is 11.4. The molecule has 0 bridgehead atoms. The van der Waals surface area contributed by atoms with Crippen LogP contribution in [0.25, 0.3) is 22.8 Å². The summed E-state index contributed by atoms with van der Waals surface area (Å²) >= 11 is 0. The predicted octanol–water partition coefficient (Wildman–Crippen LogP) is 2.78. The average Bonchev–Trinajstić information content (AvgIpc) is 3.31. The Labute approximate surface area is 206 Å². The molecule has 0 amide bonds. The van der Waals surface area contributed by atoms with E-state index in [0.717, 1.165) is 17.5 Å². The van der Waals surface area contributed by atoms with Gasteiger partial charge in [0, 0.05) is 30.4 Å². The first-order valence-electron chi connectivity index (χ1n) is 11.4. The number of esters is 1. The van der Waals surface area contributed by atoms with Gasteiger partial charge in [-0.25, -0.2) is 9.59 Å². The SMILES string of the molecule is Cc1cc(-c2nc(-c3ccc(CN4CC(C(=O)O)C4OC(=O)C(=O)O)nc3)no2)ccc1CC(C)C. The highest BCUT2D eigenvalue weighted by Gasteiger charge is 2.47. The van der Waals surface area contributed by atoms with Crippen molar-refractivity contribution in [1.29, 1.82) is 0 Å². The minimum absolute atomic E-state index is 0.0971. The third kappa shape index (κ3) is 5.41. The van der Waals surface area contributed by atoms with Crippen LogP contribution in [0.1, 0.15) is 30.7 Å². The molecule has 2 N–H and O–H groups in total. The van der Waals surface area contributed by atoms with Crippen LogP contribution in [0.3, 0.4) is 0 Å². The summed E-state index contributed by atoms with van der Waals surface area (Å²) in [6.07, 6.45) is 1.38. The zero-order valence-corrected chi connectivity index (χ0v) is 20.0. The summed E-state index contributed by atoms with van der Waals surface area (Å²) in [6.45, 7) is 6.69. The molecular weight excluding hydrogens is 468 g/mol. The Kier molecular flexibility index (Phi) is 7.11. The van der Waals surface area contributed by atoms with Crippen LogP contribution in [0.2, 0.25) is 0 Å². The number of aromatic nitrogens is 3. The van der Waals surface area contributed by atoms with E-state index in [1.807, 2.05) is 12.1 Å². The number of rotatable bonds is 8. The lowest BCUT2D eigenvalue weighted by atomic mass is 9.97. The number of aryl methyl sites for hydroxylation is 1. The lowest BCUT2D eigenvalue weighted by Gasteiger charge is -2.44. The molecule has 1 fully saturated rings. The Morgan fingerprint density at radius 3 is 2.53 bits per heavy atom. The van der Waals surface area contributed by atoms with E-state index in [-0.39, 0.29) is 13.1 Å². The van der Waals surface area contributed by atoms with Crippen LogP contribution in [-0.2, 0) is 32.1 Å². The van der Waals surface area contributed by atoms with Gasteiger partial charge in [-0.05, 0) is 54.7 Å². The summed E-state index contributed by atoms with van der Waals surface area (Å²) in [5.74, 6) is -4.13. The van der Waals surface area contributed by atoms with Gasteiger partial charge < -0.3 is 19.5 Å². The summed E-state index contributed by atoms with van der Waals surface area (Å²) in [5, 5.41) is 22.1. The van der Waals surface area contributed by atoms with Crippen molar-refractivity contribution in [2.45, 2.75) is 40.0 Å². The molecule has 188 valence electrons. The summed E-state index contributed by atoms with van der Waals surface area (Å²) in [4.78, 5) is 43.9. The molecule has 0 saturated carbocycles. The number of hydrogen-bond donors (Lipinski definition) is 2. The molecule has 11 nitrogen and oxygen atoms in total. The molecule has 36 heavy (non-hydrogen) atoms. The molecule has 1 aliphatic heterocycles. The maximum Gasteiger partial charge on any atom is 0.418 e. The summed E-state index contributed by atoms with van der Waals surface area (Å²) in [5.41, 5.74) is 4.47. The van der Waals surface area contributed by atoms with Gasteiger partial charge in [-0.3, -0.25) is 14.7 Å². The summed E-state index contributed by atoms with van der Waals surface area (Å²) < 4.78 is 10.3. The summed E-state index contributed by atoms with van der Waals surface area (Å²) in [6, 6.07) is 9.54. The highest BCUT2D eigenvalue weighted by Crippen LogP contribution is 2.29. The van der Waals surface area contributed by atoms with Crippen molar-refractivity contribution in [1.82, 2.24) is 20.0 Å². The highest BCUT2D eigenvalue weighted by atomic mass is 16.6. The minimum atomic E-state index is -1.78. The van der Waals surface area contributed by atoms with Gasteiger partial charge in [0.05, 0.1) is 5.69 Å². The van der Waals surface area contributed by atoms with E-state index in [4.69, 9.17) is 14.4 Å². The fourth-order valence-corrected chi connectivity index (χ4v) is 4.05. The van der Waals surface area contributed by atoms with E-state index in [0.29, 0.717) is 28.9 Å². The van der Waals surface area contributed by atoms with Gasteiger partial charge in [-0.1, -0.05) is 25.1 Å². The molecule has 3 heterocycles. The molecule has 0 radical (unpaired) electrons. The molecule has 2 unspecified atom stereocenters. The van der Waals surface area contributed by atoms with E-state index in [2.05, 4.69) is 42.0 Å². The van der Waals surface area contributed by atoms with Crippen LogP contribution in [-0.4, -0.2) is 60.9 Å². The van der Waals surface area contributed by atoms with Gasteiger partial charge in [-0.15, -0.1) is 0 Å². The number of ether oxygens (including phenoxy) is 1. The molecule has 1 aromatic carbocycles. The fourth-order valence-electron chi connectivity index (χ4n) is 4.05. The van der Waals surface area contributed by atoms with E-state index < -0.39 is 30.1 Å². The Balaban J connectivity index is 1.43. The smallest absolute Gasteiger partial charge is 0.418 e. The van der Waals surface area contributed by atoms with Crippen molar-refractivity contribution in [3.05, 3.63) is 53.3 Å². The van der Waals surface area contributed by atoms with Gasteiger partial charge in [0.1, 0.15) is 5.92 Å². The first kappa shape index (κ1) is 25.0. The zero-order chi connectivity index (χ0) is 26.0. The zero-order valence-electron chi connectivity index (χ0n) is 20.0. The second kappa shape index (κ2) is 10.2. The monoisotopic (exact) mass is 494 g/mol. The van der Waals surface area contributed by atoms with Crippen LogP contribution in [0.15, 0.2) is 41.1 Å². The number of carbonyl (C=O) groups is 3. The lowest BCUT2D eigenvalue weighted by Crippen LogP contribution is -2.60. The van der Waals surface area contributed by atoms with Crippen molar-refractivity contribution >= 4 is 17.9 Å². The normalized spacial score (nSPS) is 17.6. The first-order valence-corrected chi connectivity index (χ1v) is 11.4. The van der Waals surface area contributed by atoms with Crippen molar-refractivity contribution in [3.63, 3.8) is 0 Å². The number of aliphatic carboxylic acids is 2. The second-order valence-corrected chi connectivity index (χ2v) is 9.18. The molecule has 4 rings (SSSR count). The minimum Gasteiger partial charge on any atom is -0.481 e. The van der Waals surface area contributed by atoms with Crippen molar-refractivity contribution in [2.24, 2.45) is 11.8 Å². The summed E-state index contributed by atoms with van der Waals surface area (Å²) in [7, 11) is 0. The average molecular weight is 495 g/mol. The van der Waals surface area contributed by atoms with Crippen LogP contribution in [0.4, 0.5) is 0 Å². The third-order valence-electron chi connectivity index (χ3n) is 5.95. The molecule has 1 saturated heterocycles. The number of hydrogen-bond acceptors (Lipinski definition) is 9. The number of likely N-dealkylation sites (tertiary alicyclic amines) is 1. The Morgan fingerprint density at radius 1 is 1.17 bits per heavy atom. The number of nitrogens with zero attached hydrogens (tertiary/aromatic N) is 4. The van der Waals surface area contributed by atoms with Crippen molar-refractivity contribution < 1.29 is 33.9 Å². The van der Waals surface area contributed by atoms with E-state index in [9.17, 15) is 19.5 Å². The van der Waals surface area contributed by atoms with Gasteiger partial charge in [-0.2, -0.15) is 4.98 Å². The number of pyridine rings is 1. The van der Waals surface area contributed by atoms with Crippen LogP contribution in [0.5, 0.6) is 0 Å². The van der Waals surface area contributed by atoms with E-state index in [1.165, 1.54) is 10.5 Å². The Morgan fingerprint density at radius 2 is 1.92 bits per heavy atom. The second-order valence-electron chi connectivity index (χ2n) is 9.18.